The maximum Gasteiger partial charge on any atom is 0.223 e. The summed E-state index contributed by atoms with van der Waals surface area (Å²) in [4.78, 5) is 12.3. The fourth-order valence-corrected chi connectivity index (χ4v) is 2.28. The van der Waals surface area contributed by atoms with E-state index >= 15 is 0 Å². The Labute approximate surface area is 96.8 Å². The summed E-state index contributed by atoms with van der Waals surface area (Å²) >= 11 is 4.77. The minimum Gasteiger partial charge on any atom is -0.393 e. The third-order valence-corrected chi connectivity index (χ3v) is 3.30. The molecule has 0 aromatic carbocycles. The zero-order chi connectivity index (χ0) is 11.3. The average molecular weight is 228 g/mol. The van der Waals surface area contributed by atoms with Gasteiger partial charge in [0, 0.05) is 12.5 Å². The predicted molar refractivity (Wildman–Crippen MR) is 65.5 cm³/mol. The number of nitrogens with one attached hydrogen (secondary N) is 1. The summed E-state index contributed by atoms with van der Waals surface area (Å²) in [7, 11) is 0. The molecule has 1 amide bonds. The minimum atomic E-state index is 0.211. The van der Waals surface area contributed by atoms with Gasteiger partial charge in [-0.1, -0.05) is 25.6 Å². The quantitative estimate of drug-likeness (QED) is 0.555. The molecule has 0 aliphatic heterocycles. The summed E-state index contributed by atoms with van der Waals surface area (Å²) < 4.78 is 0. The van der Waals surface area contributed by atoms with Crippen LogP contribution in [0.15, 0.2) is 0 Å². The second-order valence-corrected chi connectivity index (χ2v) is 4.90. The Morgan fingerprint density at radius 1 is 1.53 bits per heavy atom. The van der Waals surface area contributed by atoms with Crippen LogP contribution < -0.4 is 11.1 Å². The van der Waals surface area contributed by atoms with Gasteiger partial charge >= 0.3 is 0 Å². The number of carbonyl (C=O) groups excluding carboxylic acids is 1. The van der Waals surface area contributed by atoms with Crippen molar-refractivity contribution in [1.82, 2.24) is 5.32 Å². The molecule has 0 spiro atoms. The lowest BCUT2D eigenvalue weighted by Gasteiger charge is -2.14. The monoisotopic (exact) mass is 228 g/mol. The Bertz CT molecular complexity index is 243. The van der Waals surface area contributed by atoms with Crippen LogP contribution in [0.4, 0.5) is 0 Å². The summed E-state index contributed by atoms with van der Waals surface area (Å²) in [6, 6.07) is 0. The number of hydrogen-bond donors (Lipinski definition) is 2. The van der Waals surface area contributed by atoms with E-state index in [1.54, 1.807) is 0 Å². The van der Waals surface area contributed by atoms with Crippen molar-refractivity contribution in [2.45, 2.75) is 39.0 Å². The van der Waals surface area contributed by atoms with Crippen LogP contribution in [0.5, 0.6) is 0 Å². The summed E-state index contributed by atoms with van der Waals surface area (Å²) in [6.45, 7) is 2.85. The van der Waals surface area contributed by atoms with Gasteiger partial charge in [-0.15, -0.1) is 0 Å². The Hall–Kier alpha value is -0.640. The van der Waals surface area contributed by atoms with Crippen LogP contribution in [0.1, 0.15) is 39.0 Å². The summed E-state index contributed by atoms with van der Waals surface area (Å²) in [6.07, 6.45) is 4.98. The lowest BCUT2D eigenvalue weighted by molar-refractivity contribution is -0.125. The SMILES string of the molecule is CC1CCCC1C(=O)NCCCC(N)=S. The number of nitrogens with two attached hydrogens (primary N) is 1. The highest BCUT2D eigenvalue weighted by molar-refractivity contribution is 7.80. The first-order valence-electron chi connectivity index (χ1n) is 5.67. The standard InChI is InChI=1S/C11H20N2OS/c1-8-4-2-5-9(8)11(14)13-7-3-6-10(12)15/h8-9H,2-7H2,1H3,(H2,12,15)(H,13,14). The molecule has 15 heavy (non-hydrogen) atoms. The molecule has 86 valence electrons. The van der Waals surface area contributed by atoms with Crippen LogP contribution >= 0.6 is 12.2 Å². The van der Waals surface area contributed by atoms with Gasteiger partial charge in [0.15, 0.2) is 0 Å². The van der Waals surface area contributed by atoms with E-state index in [4.69, 9.17) is 18.0 Å². The number of thiocarbonyl (C=S) groups is 1. The molecule has 0 radical (unpaired) electrons. The molecule has 1 rings (SSSR count). The first-order valence-corrected chi connectivity index (χ1v) is 6.08. The highest BCUT2D eigenvalue weighted by Crippen LogP contribution is 2.30. The number of rotatable bonds is 5. The summed E-state index contributed by atoms with van der Waals surface area (Å²) in [5.41, 5.74) is 5.37. The van der Waals surface area contributed by atoms with Gasteiger partial charge in [-0.25, -0.2) is 0 Å². The first-order chi connectivity index (χ1) is 7.11. The maximum absolute atomic E-state index is 11.7. The van der Waals surface area contributed by atoms with E-state index in [0.717, 1.165) is 19.3 Å². The molecule has 3 nitrogen and oxygen atoms in total. The van der Waals surface area contributed by atoms with Crippen molar-refractivity contribution in [2.24, 2.45) is 17.6 Å². The molecule has 1 saturated carbocycles. The van der Waals surface area contributed by atoms with E-state index in [1.807, 2.05) is 0 Å². The van der Waals surface area contributed by atoms with Crippen molar-refractivity contribution >= 4 is 23.1 Å². The van der Waals surface area contributed by atoms with Crippen LogP contribution in [-0.4, -0.2) is 17.4 Å². The molecule has 0 aromatic rings. The van der Waals surface area contributed by atoms with Gasteiger partial charge in [0.1, 0.15) is 0 Å². The molecule has 0 saturated heterocycles. The zero-order valence-corrected chi connectivity index (χ0v) is 10.1. The van der Waals surface area contributed by atoms with Crippen molar-refractivity contribution in [3.8, 4) is 0 Å². The van der Waals surface area contributed by atoms with Crippen molar-refractivity contribution < 1.29 is 4.79 Å². The topological polar surface area (TPSA) is 55.1 Å². The van der Waals surface area contributed by atoms with Crippen molar-refractivity contribution in [3.63, 3.8) is 0 Å². The Kier molecular flexibility index (Phi) is 5.02. The smallest absolute Gasteiger partial charge is 0.223 e. The van der Waals surface area contributed by atoms with E-state index in [0.29, 0.717) is 17.5 Å². The second-order valence-electron chi connectivity index (χ2n) is 4.38. The Morgan fingerprint density at radius 2 is 2.27 bits per heavy atom. The van der Waals surface area contributed by atoms with Crippen molar-refractivity contribution in [3.05, 3.63) is 0 Å². The fraction of sp³-hybridized carbons (Fsp3) is 0.818. The summed E-state index contributed by atoms with van der Waals surface area (Å²) in [5.74, 6) is 0.985. The third kappa shape index (κ3) is 4.16. The lowest BCUT2D eigenvalue weighted by Crippen LogP contribution is -2.33. The van der Waals surface area contributed by atoms with Gasteiger partial charge in [0.2, 0.25) is 5.91 Å². The molecule has 0 heterocycles. The third-order valence-electron chi connectivity index (χ3n) is 3.10. The minimum absolute atomic E-state index is 0.211. The molecule has 1 aliphatic rings. The fourth-order valence-electron chi connectivity index (χ4n) is 2.14. The van der Waals surface area contributed by atoms with E-state index < -0.39 is 0 Å². The molecular formula is C11H20N2OS. The van der Waals surface area contributed by atoms with Crippen molar-refractivity contribution in [2.75, 3.05) is 6.54 Å². The van der Waals surface area contributed by atoms with Crippen LogP contribution in [0, 0.1) is 11.8 Å². The Morgan fingerprint density at radius 3 is 2.80 bits per heavy atom. The number of hydrogen-bond acceptors (Lipinski definition) is 2. The number of amides is 1. The average Bonchev–Trinajstić information content (AvgIpc) is 2.58. The molecule has 3 N–H and O–H groups in total. The normalized spacial score (nSPS) is 25.1. The highest BCUT2D eigenvalue weighted by atomic mass is 32.1. The van der Waals surface area contributed by atoms with E-state index in [1.165, 1.54) is 12.8 Å². The van der Waals surface area contributed by atoms with Crippen LogP contribution in [0.3, 0.4) is 0 Å². The van der Waals surface area contributed by atoms with Crippen LogP contribution in [0.25, 0.3) is 0 Å². The molecule has 1 aliphatic carbocycles. The maximum atomic E-state index is 11.7. The molecule has 2 atom stereocenters. The molecule has 0 aromatic heterocycles. The second kappa shape index (κ2) is 6.05. The summed E-state index contributed by atoms with van der Waals surface area (Å²) in [5, 5.41) is 2.96. The van der Waals surface area contributed by atoms with Gasteiger partial charge in [-0.2, -0.15) is 0 Å². The largest absolute Gasteiger partial charge is 0.393 e. The first kappa shape index (κ1) is 12.4. The zero-order valence-electron chi connectivity index (χ0n) is 9.29. The molecular weight excluding hydrogens is 208 g/mol. The van der Waals surface area contributed by atoms with E-state index in [-0.39, 0.29) is 11.8 Å². The molecule has 4 heteroatoms. The van der Waals surface area contributed by atoms with E-state index in [9.17, 15) is 4.79 Å². The van der Waals surface area contributed by atoms with Gasteiger partial charge in [0.25, 0.3) is 0 Å². The highest BCUT2D eigenvalue weighted by Gasteiger charge is 2.29. The molecule has 2 unspecified atom stereocenters. The van der Waals surface area contributed by atoms with E-state index in [2.05, 4.69) is 12.2 Å². The van der Waals surface area contributed by atoms with Gasteiger partial charge in [-0.3, -0.25) is 4.79 Å². The lowest BCUT2D eigenvalue weighted by atomic mass is 9.97. The van der Waals surface area contributed by atoms with Gasteiger partial charge in [0.05, 0.1) is 4.99 Å². The van der Waals surface area contributed by atoms with Gasteiger partial charge in [-0.05, 0) is 31.6 Å². The van der Waals surface area contributed by atoms with Crippen molar-refractivity contribution in [1.29, 1.82) is 0 Å². The van der Waals surface area contributed by atoms with Gasteiger partial charge < -0.3 is 11.1 Å². The predicted octanol–water partition coefficient (Wildman–Crippen LogP) is 1.61. The Balaban J connectivity index is 2.15. The molecule has 0 bridgehead atoms. The van der Waals surface area contributed by atoms with Crippen LogP contribution in [-0.2, 0) is 4.79 Å². The van der Waals surface area contributed by atoms with Crippen LogP contribution in [0.2, 0.25) is 0 Å². The number of carbonyl (C=O) groups is 1. The molecule has 1 fully saturated rings.